The zero-order chi connectivity index (χ0) is 10.0. The Hall–Kier alpha value is -0.970. The third-order valence-corrected chi connectivity index (χ3v) is 2.76. The Morgan fingerprint density at radius 3 is 2.54 bits per heavy atom. The minimum atomic E-state index is 0.00231. The van der Waals surface area contributed by atoms with E-state index in [4.69, 9.17) is 0 Å². The zero-order valence-electron chi connectivity index (χ0n) is 8.24. The van der Waals surface area contributed by atoms with Crippen molar-refractivity contribution in [2.75, 3.05) is 7.05 Å². The molecule has 13 heavy (non-hydrogen) atoms. The number of carbonyl (C=O) groups is 1. The maximum Gasteiger partial charge on any atom is 0.267 e. The third-order valence-electron chi connectivity index (χ3n) is 1.94. The Labute approximate surface area is 81.7 Å². The zero-order valence-corrected chi connectivity index (χ0v) is 9.05. The molecule has 0 saturated heterocycles. The van der Waals surface area contributed by atoms with Gasteiger partial charge >= 0.3 is 0 Å². The number of carbonyl (C=O) groups excluding carboxylic acids is 1. The van der Waals surface area contributed by atoms with E-state index >= 15 is 0 Å². The Morgan fingerprint density at radius 1 is 1.54 bits per heavy atom. The van der Waals surface area contributed by atoms with E-state index in [0.717, 1.165) is 11.5 Å². The molecule has 0 atom stereocenters. The summed E-state index contributed by atoms with van der Waals surface area (Å²) in [6, 6.07) is 0.203. The van der Waals surface area contributed by atoms with E-state index in [1.807, 2.05) is 13.8 Å². The molecule has 1 heterocycles. The fourth-order valence-corrected chi connectivity index (χ4v) is 1.46. The van der Waals surface area contributed by atoms with E-state index in [1.54, 1.807) is 18.9 Å². The number of nitrogens with zero attached hydrogens (tertiary/aromatic N) is 3. The molecule has 1 aromatic rings. The van der Waals surface area contributed by atoms with Crippen LogP contribution in [0, 0.1) is 6.92 Å². The average molecular weight is 199 g/mol. The molecule has 0 bridgehead atoms. The molecule has 0 aliphatic heterocycles. The largest absolute Gasteiger partial charge is 0.338 e. The van der Waals surface area contributed by atoms with Gasteiger partial charge in [0.25, 0.3) is 5.91 Å². The van der Waals surface area contributed by atoms with Crippen LogP contribution >= 0.6 is 11.5 Å². The summed E-state index contributed by atoms with van der Waals surface area (Å²) in [7, 11) is 1.78. The molecule has 0 N–H and O–H groups in total. The second-order valence-electron chi connectivity index (χ2n) is 3.20. The van der Waals surface area contributed by atoms with Crippen molar-refractivity contribution in [3.05, 3.63) is 10.6 Å². The molecule has 0 saturated carbocycles. The van der Waals surface area contributed by atoms with Crippen molar-refractivity contribution in [1.82, 2.24) is 14.5 Å². The Kier molecular flexibility index (Phi) is 2.98. The van der Waals surface area contributed by atoms with Gasteiger partial charge in [-0.25, -0.2) is 0 Å². The third kappa shape index (κ3) is 2.03. The van der Waals surface area contributed by atoms with Crippen LogP contribution < -0.4 is 0 Å². The Bertz CT molecular complexity index is 308. The minimum Gasteiger partial charge on any atom is -0.338 e. The summed E-state index contributed by atoms with van der Waals surface area (Å²) in [4.78, 5) is 14.0. The summed E-state index contributed by atoms with van der Waals surface area (Å²) >= 11 is 1.15. The van der Waals surface area contributed by atoms with Gasteiger partial charge in [-0.05, 0) is 32.3 Å². The van der Waals surface area contributed by atoms with Crippen LogP contribution in [0.15, 0.2) is 0 Å². The van der Waals surface area contributed by atoms with Gasteiger partial charge < -0.3 is 4.90 Å². The first-order chi connectivity index (χ1) is 6.04. The second kappa shape index (κ2) is 3.83. The molecule has 1 aromatic heterocycles. The fourth-order valence-electron chi connectivity index (χ4n) is 0.822. The smallest absolute Gasteiger partial charge is 0.267 e. The van der Waals surface area contributed by atoms with Crippen molar-refractivity contribution in [3.8, 4) is 0 Å². The number of aryl methyl sites for hydroxylation is 1. The molecule has 0 aliphatic carbocycles. The van der Waals surface area contributed by atoms with Gasteiger partial charge in [0.15, 0.2) is 0 Å². The van der Waals surface area contributed by atoms with Crippen LogP contribution in [-0.2, 0) is 0 Å². The molecule has 1 rings (SSSR count). The van der Waals surface area contributed by atoms with Gasteiger partial charge in [-0.2, -0.15) is 0 Å². The number of amides is 1. The monoisotopic (exact) mass is 199 g/mol. The molecule has 1 amide bonds. The molecule has 0 spiro atoms. The fraction of sp³-hybridized carbons (Fsp3) is 0.625. The van der Waals surface area contributed by atoms with Gasteiger partial charge in [-0.15, -0.1) is 5.10 Å². The first kappa shape index (κ1) is 10.1. The highest BCUT2D eigenvalue weighted by Gasteiger charge is 2.18. The number of hydrogen-bond donors (Lipinski definition) is 0. The van der Waals surface area contributed by atoms with E-state index in [1.165, 1.54) is 0 Å². The minimum absolute atomic E-state index is 0.00231. The van der Waals surface area contributed by atoms with Crippen molar-refractivity contribution < 1.29 is 4.79 Å². The van der Waals surface area contributed by atoms with Crippen molar-refractivity contribution in [3.63, 3.8) is 0 Å². The lowest BCUT2D eigenvalue weighted by atomic mass is 10.3. The normalized spacial score (nSPS) is 10.5. The van der Waals surface area contributed by atoms with E-state index in [-0.39, 0.29) is 11.9 Å². The molecule has 0 aliphatic rings. The molecule has 0 unspecified atom stereocenters. The van der Waals surface area contributed by atoms with Gasteiger partial charge in [0.2, 0.25) is 0 Å². The van der Waals surface area contributed by atoms with Gasteiger partial charge in [-0.3, -0.25) is 4.79 Å². The number of rotatable bonds is 2. The van der Waals surface area contributed by atoms with Gasteiger partial charge in [0.1, 0.15) is 4.88 Å². The first-order valence-electron chi connectivity index (χ1n) is 4.10. The molecule has 0 fully saturated rings. The topological polar surface area (TPSA) is 46.1 Å². The maximum absolute atomic E-state index is 11.7. The summed E-state index contributed by atoms with van der Waals surface area (Å²) in [5.74, 6) is 0.00231. The van der Waals surface area contributed by atoms with E-state index < -0.39 is 0 Å². The van der Waals surface area contributed by atoms with Crippen LogP contribution in [0.2, 0.25) is 0 Å². The van der Waals surface area contributed by atoms with Crippen molar-refractivity contribution >= 4 is 17.4 Å². The lowest BCUT2D eigenvalue weighted by Crippen LogP contribution is -2.32. The first-order valence-corrected chi connectivity index (χ1v) is 4.87. The van der Waals surface area contributed by atoms with Crippen LogP contribution in [-0.4, -0.2) is 33.5 Å². The average Bonchev–Trinajstić information content (AvgIpc) is 2.48. The summed E-state index contributed by atoms with van der Waals surface area (Å²) in [5, 5.41) is 3.80. The molecule has 4 nitrogen and oxygen atoms in total. The van der Waals surface area contributed by atoms with E-state index in [0.29, 0.717) is 10.6 Å². The highest BCUT2D eigenvalue weighted by molar-refractivity contribution is 7.07. The van der Waals surface area contributed by atoms with Crippen molar-refractivity contribution in [1.29, 1.82) is 0 Å². The van der Waals surface area contributed by atoms with Crippen LogP contribution in [0.4, 0.5) is 0 Å². The van der Waals surface area contributed by atoms with Gasteiger partial charge in [-0.1, -0.05) is 4.49 Å². The predicted molar refractivity (Wildman–Crippen MR) is 51.9 cm³/mol. The SMILES string of the molecule is Cc1nnsc1C(=O)N(C)C(C)C. The van der Waals surface area contributed by atoms with Gasteiger partial charge in [0.05, 0.1) is 5.69 Å². The van der Waals surface area contributed by atoms with Crippen LogP contribution in [0.1, 0.15) is 29.2 Å². The lowest BCUT2D eigenvalue weighted by Gasteiger charge is -2.20. The summed E-state index contributed by atoms with van der Waals surface area (Å²) < 4.78 is 3.73. The summed E-state index contributed by atoms with van der Waals surface area (Å²) in [6.45, 7) is 5.74. The molecular formula is C8H13N3OS. The summed E-state index contributed by atoms with van der Waals surface area (Å²) in [6.07, 6.45) is 0. The molecule has 0 aromatic carbocycles. The molecular weight excluding hydrogens is 186 g/mol. The molecule has 72 valence electrons. The highest BCUT2D eigenvalue weighted by atomic mass is 32.1. The van der Waals surface area contributed by atoms with Gasteiger partial charge in [0, 0.05) is 13.1 Å². The number of aromatic nitrogens is 2. The lowest BCUT2D eigenvalue weighted by molar-refractivity contribution is 0.0759. The number of hydrogen-bond acceptors (Lipinski definition) is 4. The highest BCUT2D eigenvalue weighted by Crippen LogP contribution is 2.12. The summed E-state index contributed by atoms with van der Waals surface area (Å²) in [5.41, 5.74) is 0.711. The second-order valence-corrected chi connectivity index (χ2v) is 3.95. The van der Waals surface area contributed by atoms with Crippen LogP contribution in [0.25, 0.3) is 0 Å². The quantitative estimate of drug-likeness (QED) is 0.721. The van der Waals surface area contributed by atoms with Crippen molar-refractivity contribution in [2.24, 2.45) is 0 Å². The van der Waals surface area contributed by atoms with Crippen LogP contribution in [0.5, 0.6) is 0 Å². The van der Waals surface area contributed by atoms with Crippen molar-refractivity contribution in [2.45, 2.75) is 26.8 Å². The standard InChI is InChI=1S/C8H13N3OS/c1-5(2)11(4)8(12)7-6(3)9-10-13-7/h5H,1-4H3. The Morgan fingerprint density at radius 2 is 2.15 bits per heavy atom. The van der Waals surface area contributed by atoms with E-state index in [9.17, 15) is 4.79 Å². The molecule has 0 radical (unpaired) electrons. The van der Waals surface area contributed by atoms with Crippen LogP contribution in [0.3, 0.4) is 0 Å². The Balaban J connectivity index is 2.86. The molecule has 5 heteroatoms. The van der Waals surface area contributed by atoms with E-state index in [2.05, 4.69) is 9.59 Å². The predicted octanol–water partition coefficient (Wildman–Crippen LogP) is 1.33. The maximum atomic E-state index is 11.7.